The van der Waals surface area contributed by atoms with Gasteiger partial charge in [-0.25, -0.2) is 0 Å². The summed E-state index contributed by atoms with van der Waals surface area (Å²) >= 11 is 0. The molecule has 2 aliphatic rings. The molecule has 5 nitrogen and oxygen atoms in total. The normalized spacial score (nSPS) is 35.2. The minimum absolute atomic E-state index is 0.129. The smallest absolute Gasteiger partial charge is 0.221 e. The second-order valence-corrected chi connectivity index (χ2v) is 9.79. The molecule has 0 aromatic rings. The van der Waals surface area contributed by atoms with Crippen molar-refractivity contribution < 1.29 is 4.79 Å². The highest BCUT2D eigenvalue weighted by molar-refractivity contribution is 5.76. The standard InChI is InChI=1S/C21H42N4O/c1-15-17(10-13-24(7)20(15,3)4)22-12-9-19(26)23-18-11-14-25(8)21(5,6)16(18)2/h15-18,22H,9-14H2,1-8H3,(H,23,26). The zero-order chi connectivity index (χ0) is 19.7. The van der Waals surface area contributed by atoms with Crippen LogP contribution in [0.4, 0.5) is 0 Å². The van der Waals surface area contributed by atoms with Gasteiger partial charge in [-0.05, 0) is 73.0 Å². The average molecular weight is 367 g/mol. The molecule has 0 aromatic carbocycles. The Morgan fingerprint density at radius 1 is 0.923 bits per heavy atom. The van der Waals surface area contributed by atoms with Gasteiger partial charge in [0.05, 0.1) is 0 Å². The van der Waals surface area contributed by atoms with Gasteiger partial charge in [-0.15, -0.1) is 0 Å². The fourth-order valence-corrected chi connectivity index (χ4v) is 4.55. The summed E-state index contributed by atoms with van der Waals surface area (Å²) in [6.45, 7) is 16.7. The Labute approximate surface area is 161 Å². The van der Waals surface area contributed by atoms with Gasteiger partial charge in [0.2, 0.25) is 5.91 Å². The number of rotatable bonds is 5. The lowest BCUT2D eigenvalue weighted by Gasteiger charge is -2.49. The van der Waals surface area contributed by atoms with Crippen LogP contribution in [0.1, 0.15) is 60.8 Å². The number of hydrogen-bond donors (Lipinski definition) is 2. The second-order valence-electron chi connectivity index (χ2n) is 9.79. The van der Waals surface area contributed by atoms with Gasteiger partial charge in [-0.2, -0.15) is 0 Å². The molecule has 0 saturated carbocycles. The van der Waals surface area contributed by atoms with Crippen LogP contribution in [0, 0.1) is 11.8 Å². The second kappa shape index (κ2) is 8.15. The van der Waals surface area contributed by atoms with Crippen molar-refractivity contribution in [3.05, 3.63) is 0 Å². The van der Waals surface area contributed by atoms with E-state index in [-0.39, 0.29) is 23.0 Å². The van der Waals surface area contributed by atoms with E-state index >= 15 is 0 Å². The van der Waals surface area contributed by atoms with E-state index < -0.39 is 0 Å². The van der Waals surface area contributed by atoms with Gasteiger partial charge in [0.25, 0.3) is 0 Å². The van der Waals surface area contributed by atoms with E-state index in [0.29, 0.717) is 24.3 Å². The summed E-state index contributed by atoms with van der Waals surface area (Å²) in [5.41, 5.74) is 0.330. The summed E-state index contributed by atoms with van der Waals surface area (Å²) < 4.78 is 0. The van der Waals surface area contributed by atoms with E-state index in [1.54, 1.807) is 0 Å². The van der Waals surface area contributed by atoms with Crippen LogP contribution in [0.3, 0.4) is 0 Å². The Kier molecular flexibility index (Phi) is 6.79. The maximum Gasteiger partial charge on any atom is 0.221 e. The zero-order valence-electron chi connectivity index (χ0n) is 18.4. The maximum atomic E-state index is 12.5. The Morgan fingerprint density at radius 3 is 1.92 bits per heavy atom. The Morgan fingerprint density at radius 2 is 1.38 bits per heavy atom. The van der Waals surface area contributed by atoms with Crippen LogP contribution >= 0.6 is 0 Å². The number of carbonyl (C=O) groups excluding carboxylic acids is 1. The van der Waals surface area contributed by atoms with Crippen LogP contribution in [-0.2, 0) is 4.79 Å². The topological polar surface area (TPSA) is 47.6 Å². The van der Waals surface area contributed by atoms with Gasteiger partial charge in [-0.3, -0.25) is 4.79 Å². The predicted molar refractivity (Wildman–Crippen MR) is 109 cm³/mol. The van der Waals surface area contributed by atoms with Crippen molar-refractivity contribution in [2.45, 2.75) is 84.0 Å². The number of piperidine rings is 2. The van der Waals surface area contributed by atoms with Crippen LogP contribution in [-0.4, -0.2) is 72.6 Å². The molecular weight excluding hydrogens is 324 g/mol. The quantitative estimate of drug-likeness (QED) is 0.784. The summed E-state index contributed by atoms with van der Waals surface area (Å²) in [7, 11) is 4.40. The minimum atomic E-state index is 0.129. The fraction of sp³-hybridized carbons (Fsp3) is 0.952. The van der Waals surface area contributed by atoms with E-state index in [0.717, 1.165) is 32.5 Å². The van der Waals surface area contributed by atoms with Crippen molar-refractivity contribution in [2.75, 3.05) is 33.7 Å². The number of carbonyl (C=O) groups is 1. The van der Waals surface area contributed by atoms with Crippen molar-refractivity contribution in [1.29, 1.82) is 0 Å². The first-order valence-electron chi connectivity index (χ1n) is 10.4. The molecule has 0 spiro atoms. The van der Waals surface area contributed by atoms with Gasteiger partial charge in [0.1, 0.15) is 0 Å². The molecule has 2 fully saturated rings. The molecule has 0 aromatic heterocycles. The van der Waals surface area contributed by atoms with Gasteiger partial charge < -0.3 is 20.4 Å². The van der Waals surface area contributed by atoms with E-state index in [2.05, 4.69) is 76.1 Å². The van der Waals surface area contributed by atoms with E-state index in [9.17, 15) is 4.79 Å². The maximum absolute atomic E-state index is 12.5. The number of nitrogens with zero attached hydrogens (tertiary/aromatic N) is 2. The first-order valence-corrected chi connectivity index (χ1v) is 10.4. The molecule has 2 aliphatic heterocycles. The van der Waals surface area contributed by atoms with Crippen LogP contribution in [0.15, 0.2) is 0 Å². The zero-order valence-corrected chi connectivity index (χ0v) is 18.4. The molecule has 2 rings (SSSR count). The molecule has 4 atom stereocenters. The van der Waals surface area contributed by atoms with E-state index in [4.69, 9.17) is 0 Å². The molecule has 2 N–H and O–H groups in total. The lowest BCUT2D eigenvalue weighted by Crippen LogP contribution is -2.60. The van der Waals surface area contributed by atoms with Gasteiger partial charge in [0.15, 0.2) is 0 Å². The molecule has 0 aliphatic carbocycles. The van der Waals surface area contributed by atoms with Crippen molar-refractivity contribution in [3.63, 3.8) is 0 Å². The number of amides is 1. The predicted octanol–water partition coefficient (Wildman–Crippen LogP) is 2.32. The third-order valence-corrected chi connectivity index (χ3v) is 8.06. The Balaban J connectivity index is 1.77. The molecule has 2 saturated heterocycles. The highest BCUT2D eigenvalue weighted by Crippen LogP contribution is 2.33. The Hall–Kier alpha value is -0.650. The number of hydrogen-bond acceptors (Lipinski definition) is 4. The highest BCUT2D eigenvalue weighted by Gasteiger charge is 2.40. The van der Waals surface area contributed by atoms with Crippen LogP contribution in [0.25, 0.3) is 0 Å². The van der Waals surface area contributed by atoms with Crippen molar-refractivity contribution in [1.82, 2.24) is 20.4 Å². The van der Waals surface area contributed by atoms with Gasteiger partial charge in [-0.1, -0.05) is 13.8 Å². The van der Waals surface area contributed by atoms with Crippen LogP contribution in [0.5, 0.6) is 0 Å². The first-order chi connectivity index (χ1) is 12.0. The number of likely N-dealkylation sites (tertiary alicyclic amines) is 2. The summed E-state index contributed by atoms with van der Waals surface area (Å²) in [5.74, 6) is 1.21. The van der Waals surface area contributed by atoms with E-state index in [1.807, 2.05) is 0 Å². The van der Waals surface area contributed by atoms with Crippen molar-refractivity contribution in [3.8, 4) is 0 Å². The van der Waals surface area contributed by atoms with Gasteiger partial charge >= 0.3 is 0 Å². The molecule has 26 heavy (non-hydrogen) atoms. The highest BCUT2D eigenvalue weighted by atomic mass is 16.1. The molecule has 0 radical (unpaired) electrons. The molecule has 5 heteroatoms. The molecule has 4 unspecified atom stereocenters. The third kappa shape index (κ3) is 4.42. The summed E-state index contributed by atoms with van der Waals surface area (Å²) in [5, 5.41) is 6.96. The molecule has 2 heterocycles. The van der Waals surface area contributed by atoms with Crippen molar-refractivity contribution in [2.24, 2.45) is 11.8 Å². The average Bonchev–Trinajstić information content (AvgIpc) is 2.56. The van der Waals surface area contributed by atoms with Crippen LogP contribution in [0.2, 0.25) is 0 Å². The molecule has 152 valence electrons. The SMILES string of the molecule is CC1C(NCCC(=O)NC2CCN(C)C(C)(C)C2C)CCN(C)C1(C)C. The fourth-order valence-electron chi connectivity index (χ4n) is 4.55. The largest absolute Gasteiger partial charge is 0.353 e. The van der Waals surface area contributed by atoms with Gasteiger partial charge in [0, 0.05) is 42.7 Å². The lowest BCUT2D eigenvalue weighted by atomic mass is 9.77. The number of nitrogens with one attached hydrogen (secondary N) is 2. The van der Waals surface area contributed by atoms with E-state index in [1.165, 1.54) is 0 Å². The molecular formula is C21H42N4O. The first kappa shape index (κ1) is 21.6. The Bertz CT molecular complexity index is 490. The lowest BCUT2D eigenvalue weighted by molar-refractivity contribution is -0.123. The molecule has 1 amide bonds. The minimum Gasteiger partial charge on any atom is -0.353 e. The summed E-state index contributed by atoms with van der Waals surface area (Å²) in [6.07, 6.45) is 2.77. The monoisotopic (exact) mass is 366 g/mol. The van der Waals surface area contributed by atoms with Crippen LogP contribution < -0.4 is 10.6 Å². The third-order valence-electron chi connectivity index (χ3n) is 8.06. The van der Waals surface area contributed by atoms with Crippen molar-refractivity contribution >= 4 is 5.91 Å². The summed E-state index contributed by atoms with van der Waals surface area (Å²) in [6, 6.07) is 0.782. The summed E-state index contributed by atoms with van der Waals surface area (Å²) in [4.78, 5) is 17.3. The molecule has 0 bridgehead atoms.